The van der Waals surface area contributed by atoms with Crippen molar-refractivity contribution in [1.29, 1.82) is 0 Å². The maximum atomic E-state index is 12.6. The van der Waals surface area contributed by atoms with Gasteiger partial charge >= 0.3 is 5.97 Å². The number of rotatable bonds is 6. The first-order valence-corrected chi connectivity index (χ1v) is 9.05. The Kier molecular flexibility index (Phi) is 5.04. The Labute approximate surface area is 150 Å². The van der Waals surface area contributed by atoms with Crippen LogP contribution in [0.5, 0.6) is 0 Å². The molecule has 0 fully saturated rings. The zero-order chi connectivity index (χ0) is 19.7. The van der Waals surface area contributed by atoms with E-state index in [2.05, 4.69) is 4.72 Å². The van der Waals surface area contributed by atoms with Crippen LogP contribution in [-0.2, 0) is 20.2 Å². The normalized spacial score (nSPS) is 11.8. The number of anilines is 1. The predicted molar refractivity (Wildman–Crippen MR) is 95.7 cm³/mol. The molecule has 0 spiro atoms. The monoisotopic (exact) mass is 378 g/mol. The number of non-ortho nitro benzene ring substituents is 1. The molecule has 26 heavy (non-hydrogen) atoms. The third-order valence-electron chi connectivity index (χ3n) is 4.07. The fourth-order valence-corrected chi connectivity index (χ4v) is 3.60. The number of carboxylic acid groups (broad SMARTS) is 1. The first kappa shape index (κ1) is 19.4. The molecule has 0 aliphatic rings. The van der Waals surface area contributed by atoms with E-state index in [4.69, 9.17) is 0 Å². The van der Waals surface area contributed by atoms with Crippen LogP contribution in [0.4, 0.5) is 11.4 Å². The molecular weight excluding hydrogens is 360 g/mol. The van der Waals surface area contributed by atoms with Crippen molar-refractivity contribution in [2.75, 3.05) is 4.72 Å². The third-order valence-corrected chi connectivity index (χ3v) is 5.59. The summed E-state index contributed by atoms with van der Waals surface area (Å²) in [7, 11) is -4.04. The molecule has 2 N–H and O–H groups in total. The highest BCUT2D eigenvalue weighted by Gasteiger charge is 2.29. The van der Waals surface area contributed by atoms with Gasteiger partial charge in [-0.1, -0.05) is 18.2 Å². The van der Waals surface area contributed by atoms with Crippen LogP contribution < -0.4 is 4.72 Å². The molecule has 9 heteroatoms. The number of benzene rings is 2. The van der Waals surface area contributed by atoms with Crippen molar-refractivity contribution in [1.82, 2.24) is 0 Å². The topological polar surface area (TPSA) is 127 Å². The lowest BCUT2D eigenvalue weighted by atomic mass is 9.85. The maximum absolute atomic E-state index is 12.6. The molecule has 2 rings (SSSR count). The van der Waals surface area contributed by atoms with E-state index in [0.717, 1.165) is 6.07 Å². The number of carbonyl (C=O) groups is 1. The van der Waals surface area contributed by atoms with E-state index in [0.29, 0.717) is 11.1 Å². The highest BCUT2D eigenvalue weighted by Crippen LogP contribution is 2.27. The third kappa shape index (κ3) is 3.83. The van der Waals surface area contributed by atoms with Crippen molar-refractivity contribution in [3.8, 4) is 0 Å². The Morgan fingerprint density at radius 3 is 2.23 bits per heavy atom. The van der Waals surface area contributed by atoms with Crippen LogP contribution in [-0.4, -0.2) is 24.4 Å². The number of hydrogen-bond donors (Lipinski definition) is 2. The van der Waals surface area contributed by atoms with E-state index >= 15 is 0 Å². The lowest BCUT2D eigenvalue weighted by molar-refractivity contribution is -0.385. The second kappa shape index (κ2) is 6.75. The molecule has 0 bridgehead atoms. The molecule has 0 amide bonds. The zero-order valence-corrected chi connectivity index (χ0v) is 15.2. The number of aryl methyl sites for hydroxylation is 1. The van der Waals surface area contributed by atoms with E-state index in [-0.39, 0.29) is 16.3 Å². The average molecular weight is 378 g/mol. The van der Waals surface area contributed by atoms with E-state index in [1.165, 1.54) is 43.3 Å². The number of hydrogen-bond acceptors (Lipinski definition) is 5. The molecule has 8 nitrogen and oxygen atoms in total. The number of nitrogens with one attached hydrogen (secondary N) is 1. The minimum absolute atomic E-state index is 0.193. The van der Waals surface area contributed by atoms with E-state index < -0.39 is 26.3 Å². The van der Waals surface area contributed by atoms with Gasteiger partial charge in [0.2, 0.25) is 0 Å². The second-order valence-corrected chi connectivity index (χ2v) is 7.97. The summed E-state index contributed by atoms with van der Waals surface area (Å²) in [6.07, 6.45) is 0. The van der Waals surface area contributed by atoms with Crippen molar-refractivity contribution in [3.05, 3.63) is 63.7 Å². The largest absolute Gasteiger partial charge is 0.481 e. The fraction of sp³-hybridized carbons (Fsp3) is 0.235. The summed E-state index contributed by atoms with van der Waals surface area (Å²) in [5.74, 6) is -1.00. The van der Waals surface area contributed by atoms with Gasteiger partial charge in [-0.15, -0.1) is 0 Å². The molecule has 0 radical (unpaired) electrons. The van der Waals surface area contributed by atoms with Crippen LogP contribution in [0.2, 0.25) is 0 Å². The molecule has 138 valence electrons. The van der Waals surface area contributed by atoms with E-state index in [1.54, 1.807) is 13.8 Å². The number of nitro groups is 1. The minimum atomic E-state index is -4.04. The van der Waals surface area contributed by atoms with Gasteiger partial charge in [0.05, 0.1) is 15.2 Å². The summed E-state index contributed by atoms with van der Waals surface area (Å²) in [5, 5.41) is 20.1. The molecule has 2 aromatic rings. The van der Waals surface area contributed by atoms with Gasteiger partial charge < -0.3 is 5.11 Å². The van der Waals surface area contributed by atoms with Gasteiger partial charge in [-0.25, -0.2) is 8.42 Å². The Bertz CT molecular complexity index is 965. The van der Waals surface area contributed by atoms with Crippen LogP contribution in [0, 0.1) is 17.0 Å². The molecule has 0 heterocycles. The molecule has 0 atom stereocenters. The second-order valence-electron chi connectivity index (χ2n) is 6.32. The quantitative estimate of drug-likeness (QED) is 0.587. The Morgan fingerprint density at radius 1 is 1.15 bits per heavy atom. The fourth-order valence-electron chi connectivity index (χ4n) is 2.28. The van der Waals surface area contributed by atoms with Crippen LogP contribution in [0.25, 0.3) is 0 Å². The number of sulfonamides is 1. The van der Waals surface area contributed by atoms with Gasteiger partial charge in [-0.05, 0) is 44.0 Å². The van der Waals surface area contributed by atoms with Gasteiger partial charge in [0.15, 0.2) is 0 Å². The van der Waals surface area contributed by atoms with Crippen molar-refractivity contribution in [3.63, 3.8) is 0 Å². The van der Waals surface area contributed by atoms with Gasteiger partial charge in [-0.2, -0.15) is 0 Å². The Hall–Kier alpha value is -2.94. The van der Waals surface area contributed by atoms with Crippen LogP contribution in [0.1, 0.15) is 25.0 Å². The summed E-state index contributed by atoms with van der Waals surface area (Å²) in [4.78, 5) is 21.3. The van der Waals surface area contributed by atoms with Crippen molar-refractivity contribution in [2.45, 2.75) is 31.1 Å². The Morgan fingerprint density at radius 2 is 1.73 bits per heavy atom. The molecule has 0 saturated carbocycles. The van der Waals surface area contributed by atoms with Crippen molar-refractivity contribution >= 4 is 27.4 Å². The van der Waals surface area contributed by atoms with E-state index in [1.807, 2.05) is 0 Å². The number of nitro benzene ring substituents is 1. The zero-order valence-electron chi connectivity index (χ0n) is 14.4. The summed E-state index contributed by atoms with van der Waals surface area (Å²) >= 11 is 0. The summed E-state index contributed by atoms with van der Waals surface area (Å²) in [6.45, 7) is 4.62. The minimum Gasteiger partial charge on any atom is -0.481 e. The lowest BCUT2D eigenvalue weighted by Gasteiger charge is -2.20. The van der Waals surface area contributed by atoms with Crippen molar-refractivity contribution < 1.29 is 23.2 Å². The SMILES string of the molecule is Cc1ccc([N+](=O)[O-])cc1S(=O)(=O)Nc1ccc(C(C)(C)C(=O)O)cc1. The maximum Gasteiger partial charge on any atom is 0.313 e. The first-order valence-electron chi connectivity index (χ1n) is 7.57. The van der Waals surface area contributed by atoms with Crippen LogP contribution >= 0.6 is 0 Å². The molecule has 2 aromatic carbocycles. The number of nitrogens with zero attached hydrogens (tertiary/aromatic N) is 1. The highest BCUT2D eigenvalue weighted by molar-refractivity contribution is 7.92. The van der Waals surface area contributed by atoms with Crippen LogP contribution in [0.3, 0.4) is 0 Å². The summed E-state index contributed by atoms with van der Waals surface area (Å²) in [5.41, 5.74) is -0.338. The molecule has 0 aliphatic carbocycles. The number of aliphatic carboxylic acids is 1. The van der Waals surface area contributed by atoms with Gasteiger partial charge in [-0.3, -0.25) is 19.6 Å². The van der Waals surface area contributed by atoms with Gasteiger partial charge in [0, 0.05) is 17.8 Å². The van der Waals surface area contributed by atoms with E-state index in [9.17, 15) is 28.4 Å². The lowest BCUT2D eigenvalue weighted by Crippen LogP contribution is -2.28. The molecule has 0 aromatic heterocycles. The molecular formula is C17H18N2O6S. The van der Waals surface area contributed by atoms with Gasteiger partial charge in [0.1, 0.15) is 0 Å². The molecule has 0 saturated heterocycles. The summed E-state index contributed by atoms with van der Waals surface area (Å²) < 4.78 is 27.5. The summed E-state index contributed by atoms with van der Waals surface area (Å²) in [6, 6.07) is 9.54. The first-order chi connectivity index (χ1) is 11.9. The average Bonchev–Trinajstić information content (AvgIpc) is 2.54. The molecule has 0 unspecified atom stereocenters. The number of carboxylic acids is 1. The van der Waals surface area contributed by atoms with Crippen LogP contribution in [0.15, 0.2) is 47.4 Å². The van der Waals surface area contributed by atoms with Crippen molar-refractivity contribution in [2.24, 2.45) is 0 Å². The molecule has 0 aliphatic heterocycles. The smallest absolute Gasteiger partial charge is 0.313 e. The standard InChI is InChI=1S/C17H18N2O6S/c1-11-4-9-14(19(22)23)10-15(11)26(24,25)18-13-7-5-12(6-8-13)17(2,3)16(20)21/h4-10,18H,1-3H3,(H,20,21). The predicted octanol–water partition coefficient (Wildman–Crippen LogP) is 3.07. The van der Waals surface area contributed by atoms with Gasteiger partial charge in [0.25, 0.3) is 15.7 Å². The highest BCUT2D eigenvalue weighted by atomic mass is 32.2. The Balaban J connectivity index is 2.35.